The number of halogens is 1. The molecule has 1 aromatic heterocycles. The highest BCUT2D eigenvalue weighted by Crippen LogP contribution is 2.30. The normalized spacial score (nSPS) is 17.9. The van der Waals surface area contributed by atoms with Crippen molar-refractivity contribution in [3.8, 4) is 5.75 Å². The summed E-state index contributed by atoms with van der Waals surface area (Å²) in [5.41, 5.74) is 2.10. The van der Waals surface area contributed by atoms with E-state index >= 15 is 0 Å². The predicted octanol–water partition coefficient (Wildman–Crippen LogP) is 3.16. The Bertz CT molecular complexity index is 709. The molecule has 0 saturated carbocycles. The van der Waals surface area contributed by atoms with Gasteiger partial charge in [0.05, 0.1) is 12.1 Å². The van der Waals surface area contributed by atoms with Crippen LogP contribution in [0.3, 0.4) is 0 Å². The number of aromatic nitrogens is 2. The largest absolute Gasteiger partial charge is 0.495 e. The van der Waals surface area contributed by atoms with Crippen molar-refractivity contribution >= 4 is 17.4 Å². The van der Waals surface area contributed by atoms with Crippen LogP contribution in [0.5, 0.6) is 5.75 Å². The molecule has 2 heterocycles. The summed E-state index contributed by atoms with van der Waals surface area (Å²) in [6.45, 7) is 4.87. The van der Waals surface area contributed by atoms with Crippen molar-refractivity contribution < 1.29 is 4.74 Å². The van der Waals surface area contributed by atoms with Gasteiger partial charge in [-0.3, -0.25) is 4.90 Å². The van der Waals surface area contributed by atoms with E-state index in [1.54, 1.807) is 13.4 Å². The third-order valence-corrected chi connectivity index (χ3v) is 5.03. The number of nitrogens with zero attached hydrogens (tertiary/aromatic N) is 4. The summed E-state index contributed by atoms with van der Waals surface area (Å²) in [4.78, 5) is 13.2. The second kappa shape index (κ2) is 7.36. The quantitative estimate of drug-likeness (QED) is 0.831. The molecule has 1 atom stereocenters. The number of hydrogen-bond acceptors (Lipinski definition) is 5. The fourth-order valence-electron chi connectivity index (χ4n) is 3.17. The van der Waals surface area contributed by atoms with E-state index in [-0.39, 0.29) is 0 Å². The molecule has 0 N–H and O–H groups in total. The van der Waals surface area contributed by atoms with Crippen LogP contribution in [0.25, 0.3) is 0 Å². The van der Waals surface area contributed by atoms with Crippen LogP contribution in [0.2, 0.25) is 5.02 Å². The van der Waals surface area contributed by atoms with Gasteiger partial charge in [0.1, 0.15) is 17.9 Å². The Morgan fingerprint density at radius 3 is 2.96 bits per heavy atom. The Morgan fingerprint density at radius 2 is 2.21 bits per heavy atom. The van der Waals surface area contributed by atoms with Crippen molar-refractivity contribution in [2.75, 3.05) is 32.1 Å². The molecular formula is C18H23ClN4O. The number of benzene rings is 1. The topological polar surface area (TPSA) is 41.5 Å². The summed E-state index contributed by atoms with van der Waals surface area (Å²) >= 11 is 6.42. The Kier molecular flexibility index (Phi) is 5.21. The first-order valence-corrected chi connectivity index (χ1v) is 8.51. The number of anilines is 1. The lowest BCUT2D eigenvalue weighted by molar-refractivity contribution is 0.325. The Morgan fingerprint density at radius 1 is 1.38 bits per heavy atom. The molecule has 0 radical (unpaired) electrons. The number of methoxy groups -OCH3 is 1. The third-order valence-electron chi connectivity index (χ3n) is 4.60. The molecule has 128 valence electrons. The molecule has 1 aromatic carbocycles. The van der Waals surface area contributed by atoms with E-state index in [4.69, 9.17) is 16.3 Å². The summed E-state index contributed by atoms with van der Waals surface area (Å²) in [5.74, 6) is 1.72. The fourth-order valence-corrected chi connectivity index (χ4v) is 3.43. The molecule has 5 nitrogen and oxygen atoms in total. The van der Waals surface area contributed by atoms with Crippen molar-refractivity contribution in [2.24, 2.45) is 0 Å². The van der Waals surface area contributed by atoms with Crippen LogP contribution in [-0.4, -0.2) is 48.2 Å². The first kappa shape index (κ1) is 17.0. The second-order valence-electron chi connectivity index (χ2n) is 6.24. The summed E-state index contributed by atoms with van der Waals surface area (Å²) in [6, 6.07) is 8.42. The monoisotopic (exact) mass is 346 g/mol. The molecule has 1 fully saturated rings. The van der Waals surface area contributed by atoms with Crippen LogP contribution in [0.4, 0.5) is 5.82 Å². The molecule has 0 bridgehead atoms. The summed E-state index contributed by atoms with van der Waals surface area (Å²) < 4.78 is 5.31. The van der Waals surface area contributed by atoms with E-state index in [1.807, 2.05) is 25.1 Å². The highest BCUT2D eigenvalue weighted by atomic mass is 35.5. The molecule has 1 saturated heterocycles. The van der Waals surface area contributed by atoms with E-state index in [2.05, 4.69) is 32.9 Å². The van der Waals surface area contributed by atoms with E-state index in [0.717, 1.165) is 48.9 Å². The molecular weight excluding hydrogens is 324 g/mol. The van der Waals surface area contributed by atoms with Gasteiger partial charge in [-0.1, -0.05) is 23.7 Å². The van der Waals surface area contributed by atoms with E-state index in [0.29, 0.717) is 11.1 Å². The third kappa shape index (κ3) is 3.62. The predicted molar refractivity (Wildman–Crippen MR) is 96.9 cm³/mol. The van der Waals surface area contributed by atoms with E-state index in [9.17, 15) is 0 Å². The average molecular weight is 347 g/mol. The zero-order valence-electron chi connectivity index (χ0n) is 14.4. The van der Waals surface area contributed by atoms with Crippen LogP contribution in [0, 0.1) is 6.92 Å². The Balaban J connectivity index is 1.65. The molecule has 2 aromatic rings. The van der Waals surface area contributed by atoms with Gasteiger partial charge < -0.3 is 9.64 Å². The first-order valence-electron chi connectivity index (χ1n) is 8.13. The van der Waals surface area contributed by atoms with Crippen LogP contribution >= 0.6 is 11.6 Å². The van der Waals surface area contributed by atoms with Gasteiger partial charge in [-0.2, -0.15) is 0 Å². The van der Waals surface area contributed by atoms with Crippen molar-refractivity contribution in [3.05, 3.63) is 46.9 Å². The number of rotatable bonds is 5. The number of ether oxygens (including phenoxy) is 1. The minimum Gasteiger partial charge on any atom is -0.495 e. The average Bonchev–Trinajstić information content (AvgIpc) is 3.04. The number of hydrogen-bond donors (Lipinski definition) is 0. The van der Waals surface area contributed by atoms with Gasteiger partial charge in [-0.05, 0) is 25.0 Å². The molecule has 24 heavy (non-hydrogen) atoms. The summed E-state index contributed by atoms with van der Waals surface area (Å²) in [6.07, 6.45) is 2.74. The first-order chi connectivity index (χ1) is 11.6. The molecule has 3 rings (SSSR count). The van der Waals surface area contributed by atoms with Crippen molar-refractivity contribution in [2.45, 2.75) is 25.9 Å². The molecule has 0 spiro atoms. The SMILES string of the molecule is COc1cccc(CN2CCC(N(C)c3cc(C)ncn3)C2)c1Cl. The number of likely N-dealkylation sites (tertiary alicyclic amines) is 1. The van der Waals surface area contributed by atoms with Gasteiger partial charge in [-0.15, -0.1) is 0 Å². The van der Waals surface area contributed by atoms with E-state index in [1.165, 1.54) is 0 Å². The lowest BCUT2D eigenvalue weighted by atomic mass is 10.2. The highest BCUT2D eigenvalue weighted by Gasteiger charge is 2.27. The minimum absolute atomic E-state index is 0.448. The number of likely N-dealkylation sites (N-methyl/N-ethyl adjacent to an activating group) is 1. The van der Waals surface area contributed by atoms with E-state index < -0.39 is 0 Å². The Hall–Kier alpha value is -1.85. The number of aryl methyl sites for hydroxylation is 1. The molecule has 1 aliphatic heterocycles. The lowest BCUT2D eigenvalue weighted by Crippen LogP contribution is -2.35. The maximum absolute atomic E-state index is 6.42. The van der Waals surface area contributed by atoms with Gasteiger partial charge in [-0.25, -0.2) is 9.97 Å². The molecule has 0 amide bonds. The smallest absolute Gasteiger partial charge is 0.137 e. The van der Waals surface area contributed by atoms with Gasteiger partial charge >= 0.3 is 0 Å². The highest BCUT2D eigenvalue weighted by molar-refractivity contribution is 6.32. The van der Waals surface area contributed by atoms with Gasteiger partial charge in [0, 0.05) is 44.5 Å². The van der Waals surface area contributed by atoms with Crippen molar-refractivity contribution in [3.63, 3.8) is 0 Å². The molecule has 1 unspecified atom stereocenters. The van der Waals surface area contributed by atoms with Crippen LogP contribution in [0.1, 0.15) is 17.7 Å². The zero-order valence-corrected chi connectivity index (χ0v) is 15.1. The maximum atomic E-state index is 6.42. The van der Waals surface area contributed by atoms with Crippen LogP contribution < -0.4 is 9.64 Å². The van der Waals surface area contributed by atoms with Crippen LogP contribution in [-0.2, 0) is 6.54 Å². The van der Waals surface area contributed by atoms with Crippen molar-refractivity contribution in [1.29, 1.82) is 0 Å². The van der Waals surface area contributed by atoms with Gasteiger partial charge in [0.15, 0.2) is 0 Å². The lowest BCUT2D eigenvalue weighted by Gasteiger charge is -2.26. The van der Waals surface area contributed by atoms with Gasteiger partial charge in [0.2, 0.25) is 0 Å². The molecule has 0 aliphatic carbocycles. The minimum atomic E-state index is 0.448. The zero-order chi connectivity index (χ0) is 17.1. The van der Waals surface area contributed by atoms with Crippen molar-refractivity contribution in [1.82, 2.24) is 14.9 Å². The standard InChI is InChI=1S/C18H23ClN4O/c1-13-9-17(21-12-20-13)22(2)15-7-8-23(11-15)10-14-5-4-6-16(24-3)18(14)19/h4-6,9,12,15H,7-8,10-11H2,1-3H3. The second-order valence-corrected chi connectivity index (χ2v) is 6.62. The van der Waals surface area contributed by atoms with Gasteiger partial charge in [0.25, 0.3) is 0 Å². The summed E-state index contributed by atoms with van der Waals surface area (Å²) in [5, 5.41) is 0.711. The maximum Gasteiger partial charge on any atom is 0.137 e. The summed E-state index contributed by atoms with van der Waals surface area (Å²) in [7, 11) is 3.75. The Labute approximate surface area is 148 Å². The molecule has 1 aliphatic rings. The van der Waals surface area contributed by atoms with Crippen LogP contribution in [0.15, 0.2) is 30.6 Å². The fraction of sp³-hybridized carbons (Fsp3) is 0.444. The molecule has 6 heteroatoms.